The fourth-order valence-corrected chi connectivity index (χ4v) is 1.73. The molecule has 1 rings (SSSR count). The van der Waals surface area contributed by atoms with Crippen molar-refractivity contribution >= 4 is 23.2 Å². The lowest BCUT2D eigenvalue weighted by Gasteiger charge is -2.12. The van der Waals surface area contributed by atoms with Gasteiger partial charge in [-0.25, -0.2) is 0 Å². The van der Waals surface area contributed by atoms with E-state index in [0.717, 1.165) is 18.2 Å². The molecule has 0 aromatic heterocycles. The van der Waals surface area contributed by atoms with E-state index in [-0.39, 0.29) is 29.0 Å². The van der Waals surface area contributed by atoms with Crippen LogP contribution >= 0.6 is 11.6 Å². The van der Waals surface area contributed by atoms with E-state index in [1.54, 1.807) is 0 Å². The molecule has 0 heterocycles. The number of alkyl halides is 3. The smallest absolute Gasteiger partial charge is 0.330 e. The average molecular weight is 309 g/mol. The Bertz CT molecular complexity index is 477. The SMILES string of the molecule is CC(CN)CCC(=O)Nc1ccc(C(F)(F)F)cc1Cl. The molecule has 1 aromatic carbocycles. The lowest BCUT2D eigenvalue weighted by molar-refractivity contribution is -0.137. The Morgan fingerprint density at radius 3 is 2.60 bits per heavy atom. The Labute approximate surface area is 120 Å². The fourth-order valence-electron chi connectivity index (χ4n) is 1.50. The van der Waals surface area contributed by atoms with Gasteiger partial charge < -0.3 is 11.1 Å². The van der Waals surface area contributed by atoms with Gasteiger partial charge in [0.2, 0.25) is 5.91 Å². The molecule has 3 N–H and O–H groups in total. The van der Waals surface area contributed by atoms with E-state index < -0.39 is 11.7 Å². The molecular formula is C13H16ClF3N2O. The molecule has 0 spiro atoms. The van der Waals surface area contributed by atoms with E-state index in [1.807, 2.05) is 6.92 Å². The van der Waals surface area contributed by atoms with Crippen molar-refractivity contribution in [1.29, 1.82) is 0 Å². The number of halogens is 4. The fraction of sp³-hybridized carbons (Fsp3) is 0.462. The molecule has 1 aromatic rings. The van der Waals surface area contributed by atoms with Gasteiger partial charge in [0.05, 0.1) is 16.3 Å². The molecule has 0 fully saturated rings. The van der Waals surface area contributed by atoms with Crippen molar-refractivity contribution in [3.05, 3.63) is 28.8 Å². The summed E-state index contributed by atoms with van der Waals surface area (Å²) >= 11 is 5.73. The largest absolute Gasteiger partial charge is 0.416 e. The molecule has 0 saturated heterocycles. The number of rotatable bonds is 5. The van der Waals surface area contributed by atoms with E-state index in [2.05, 4.69) is 5.32 Å². The standard InChI is InChI=1S/C13H16ClF3N2O/c1-8(7-18)2-5-12(20)19-11-4-3-9(6-10(11)14)13(15,16)17/h3-4,6,8H,2,5,7,18H2,1H3,(H,19,20). The highest BCUT2D eigenvalue weighted by atomic mass is 35.5. The van der Waals surface area contributed by atoms with Gasteiger partial charge in [-0.2, -0.15) is 13.2 Å². The second-order valence-electron chi connectivity index (χ2n) is 4.62. The molecule has 112 valence electrons. The molecule has 0 radical (unpaired) electrons. The Kier molecular flexibility index (Phi) is 5.83. The maximum atomic E-state index is 12.5. The van der Waals surface area contributed by atoms with Crippen LogP contribution in [0.15, 0.2) is 18.2 Å². The van der Waals surface area contributed by atoms with Crippen LogP contribution in [0.5, 0.6) is 0 Å². The first-order chi connectivity index (χ1) is 9.24. The summed E-state index contributed by atoms with van der Waals surface area (Å²) in [5.41, 5.74) is 4.75. The molecular weight excluding hydrogens is 293 g/mol. The monoisotopic (exact) mass is 308 g/mol. The molecule has 0 bridgehead atoms. The molecule has 1 amide bonds. The zero-order valence-corrected chi connectivity index (χ0v) is 11.7. The Balaban J connectivity index is 2.67. The van der Waals surface area contributed by atoms with E-state index >= 15 is 0 Å². The summed E-state index contributed by atoms with van der Waals surface area (Å²) in [6.45, 7) is 2.40. The minimum Gasteiger partial charge on any atom is -0.330 e. The summed E-state index contributed by atoms with van der Waals surface area (Å²) in [7, 11) is 0. The highest BCUT2D eigenvalue weighted by molar-refractivity contribution is 6.33. The average Bonchev–Trinajstić information content (AvgIpc) is 2.37. The van der Waals surface area contributed by atoms with Crippen molar-refractivity contribution in [3.8, 4) is 0 Å². The predicted molar refractivity (Wildman–Crippen MR) is 72.5 cm³/mol. The third-order valence-electron chi connectivity index (χ3n) is 2.84. The third-order valence-corrected chi connectivity index (χ3v) is 3.15. The van der Waals surface area contributed by atoms with E-state index in [4.69, 9.17) is 17.3 Å². The summed E-state index contributed by atoms with van der Waals surface area (Å²) in [6.07, 6.45) is -3.60. The topological polar surface area (TPSA) is 55.1 Å². The Hall–Kier alpha value is -1.27. The molecule has 20 heavy (non-hydrogen) atoms. The molecule has 1 unspecified atom stereocenters. The van der Waals surface area contributed by atoms with Gasteiger partial charge in [-0.1, -0.05) is 18.5 Å². The number of carbonyl (C=O) groups is 1. The van der Waals surface area contributed by atoms with Crippen LogP contribution in [0.2, 0.25) is 5.02 Å². The summed E-state index contributed by atoms with van der Waals surface area (Å²) in [4.78, 5) is 11.6. The molecule has 3 nitrogen and oxygen atoms in total. The van der Waals surface area contributed by atoms with Crippen molar-refractivity contribution < 1.29 is 18.0 Å². The van der Waals surface area contributed by atoms with Crippen LogP contribution in [0.1, 0.15) is 25.3 Å². The van der Waals surface area contributed by atoms with Gasteiger partial charge in [-0.3, -0.25) is 4.79 Å². The summed E-state index contributed by atoms with van der Waals surface area (Å²) < 4.78 is 37.4. The van der Waals surface area contributed by atoms with Crippen LogP contribution < -0.4 is 11.1 Å². The highest BCUT2D eigenvalue weighted by Crippen LogP contribution is 2.33. The number of amides is 1. The number of benzene rings is 1. The molecule has 7 heteroatoms. The van der Waals surface area contributed by atoms with Gasteiger partial charge in [0.15, 0.2) is 0 Å². The Morgan fingerprint density at radius 2 is 2.10 bits per heavy atom. The van der Waals surface area contributed by atoms with Crippen LogP contribution in [-0.2, 0) is 11.0 Å². The number of nitrogens with one attached hydrogen (secondary N) is 1. The molecule has 0 aliphatic rings. The van der Waals surface area contributed by atoms with Crippen molar-refractivity contribution in [1.82, 2.24) is 0 Å². The van der Waals surface area contributed by atoms with Gasteiger partial charge >= 0.3 is 6.18 Å². The number of anilines is 1. The normalized spacial score (nSPS) is 13.1. The van der Waals surface area contributed by atoms with Gasteiger partial charge in [0.1, 0.15) is 0 Å². The second kappa shape index (κ2) is 6.95. The lowest BCUT2D eigenvalue weighted by Crippen LogP contribution is -2.16. The molecule has 1 atom stereocenters. The van der Waals surface area contributed by atoms with E-state index in [1.165, 1.54) is 0 Å². The minimum atomic E-state index is -4.46. The minimum absolute atomic E-state index is 0.139. The molecule has 0 saturated carbocycles. The number of hydrogen-bond acceptors (Lipinski definition) is 2. The highest BCUT2D eigenvalue weighted by Gasteiger charge is 2.30. The van der Waals surface area contributed by atoms with E-state index in [0.29, 0.717) is 13.0 Å². The summed E-state index contributed by atoms with van der Waals surface area (Å²) in [5.74, 6) is -0.0872. The number of nitrogens with two attached hydrogens (primary N) is 1. The van der Waals surface area contributed by atoms with Crippen LogP contribution in [0.3, 0.4) is 0 Å². The first kappa shape index (κ1) is 16.8. The van der Waals surface area contributed by atoms with Gasteiger partial charge in [-0.05, 0) is 37.1 Å². The predicted octanol–water partition coefficient (Wildman–Crippen LogP) is 3.67. The van der Waals surface area contributed by atoms with Crippen LogP contribution in [0.25, 0.3) is 0 Å². The van der Waals surface area contributed by atoms with Crippen molar-refractivity contribution in [2.75, 3.05) is 11.9 Å². The molecule has 0 aliphatic carbocycles. The quantitative estimate of drug-likeness (QED) is 0.872. The van der Waals surface area contributed by atoms with Gasteiger partial charge in [0, 0.05) is 6.42 Å². The van der Waals surface area contributed by atoms with E-state index in [9.17, 15) is 18.0 Å². The first-order valence-electron chi connectivity index (χ1n) is 6.10. The summed E-state index contributed by atoms with van der Waals surface area (Å²) in [6, 6.07) is 2.82. The zero-order valence-electron chi connectivity index (χ0n) is 10.9. The van der Waals surface area contributed by atoms with Crippen LogP contribution in [0, 0.1) is 5.92 Å². The summed E-state index contributed by atoms with van der Waals surface area (Å²) in [5, 5.41) is 2.35. The lowest BCUT2D eigenvalue weighted by atomic mass is 10.1. The second-order valence-corrected chi connectivity index (χ2v) is 5.03. The van der Waals surface area contributed by atoms with Crippen LogP contribution in [0.4, 0.5) is 18.9 Å². The maximum absolute atomic E-state index is 12.5. The number of carbonyl (C=O) groups excluding carboxylic acids is 1. The van der Waals surface area contributed by atoms with Gasteiger partial charge in [-0.15, -0.1) is 0 Å². The molecule has 0 aliphatic heterocycles. The van der Waals surface area contributed by atoms with Gasteiger partial charge in [0.25, 0.3) is 0 Å². The zero-order chi connectivity index (χ0) is 15.3. The van der Waals surface area contributed by atoms with Crippen LogP contribution in [-0.4, -0.2) is 12.5 Å². The Morgan fingerprint density at radius 1 is 1.45 bits per heavy atom. The third kappa shape index (κ3) is 5.02. The van der Waals surface area contributed by atoms with Crippen molar-refractivity contribution in [2.24, 2.45) is 11.7 Å². The van der Waals surface area contributed by atoms with Crippen molar-refractivity contribution in [2.45, 2.75) is 25.9 Å². The first-order valence-corrected chi connectivity index (χ1v) is 6.48. The maximum Gasteiger partial charge on any atom is 0.416 e. The van der Waals surface area contributed by atoms with Crippen molar-refractivity contribution in [3.63, 3.8) is 0 Å². The number of hydrogen-bond donors (Lipinski definition) is 2.